The molecule has 8 nitrogen and oxygen atoms in total. The normalized spacial score (nSPS) is 15.9. The third-order valence-corrected chi connectivity index (χ3v) is 4.75. The maximum Gasteiger partial charge on any atom is 0.433 e. The van der Waals surface area contributed by atoms with Gasteiger partial charge in [0.25, 0.3) is 0 Å². The van der Waals surface area contributed by atoms with E-state index >= 15 is 0 Å². The van der Waals surface area contributed by atoms with Crippen LogP contribution in [0.1, 0.15) is 22.4 Å². The van der Waals surface area contributed by atoms with Gasteiger partial charge in [0.05, 0.1) is 13.2 Å². The molecule has 0 saturated carbocycles. The Morgan fingerprint density at radius 2 is 1.87 bits per heavy atom. The van der Waals surface area contributed by atoms with E-state index in [0.717, 1.165) is 17.2 Å². The largest absolute Gasteiger partial charge is 0.443 e. The van der Waals surface area contributed by atoms with Crippen molar-refractivity contribution in [2.24, 2.45) is 0 Å². The molecule has 0 aliphatic carbocycles. The number of imidazole rings is 1. The zero-order valence-corrected chi connectivity index (χ0v) is 16.1. The quantitative estimate of drug-likeness (QED) is 0.433. The fourth-order valence-corrected chi connectivity index (χ4v) is 3.16. The van der Waals surface area contributed by atoms with Gasteiger partial charge in [-0.25, -0.2) is 0 Å². The number of halogens is 3. The molecule has 1 aromatic carbocycles. The lowest BCUT2D eigenvalue weighted by atomic mass is 10.0. The lowest BCUT2D eigenvalue weighted by molar-refractivity contribution is -0.389. The molecule has 0 saturated heterocycles. The van der Waals surface area contributed by atoms with Gasteiger partial charge < -0.3 is 19.6 Å². The number of benzene rings is 1. The number of alkyl halides is 3. The van der Waals surface area contributed by atoms with Gasteiger partial charge in [0.15, 0.2) is 0 Å². The number of nitro groups is 1. The van der Waals surface area contributed by atoms with Gasteiger partial charge in [0.2, 0.25) is 0 Å². The molecule has 0 radical (unpaired) electrons. The molecular weight excluding hydrogens is 417 g/mol. The van der Waals surface area contributed by atoms with Gasteiger partial charge in [-0.3, -0.25) is 9.55 Å². The fourth-order valence-electron chi connectivity index (χ4n) is 3.16. The minimum absolute atomic E-state index is 0.202. The molecule has 0 spiro atoms. The van der Waals surface area contributed by atoms with E-state index in [2.05, 4.69) is 9.97 Å². The van der Waals surface area contributed by atoms with Crippen molar-refractivity contribution in [2.75, 3.05) is 6.61 Å². The SMILES string of the molecule is O=[N+]([O-])c1cn2c(n1)OC[C@@H](OCc1ccc(Cc3ccc(C(F)(F)F)nc3)cc1)C2. The molecule has 0 unspecified atom stereocenters. The Kier molecular flexibility index (Phi) is 5.59. The molecule has 162 valence electrons. The Morgan fingerprint density at radius 3 is 2.52 bits per heavy atom. The number of nitrogens with zero attached hydrogens (tertiary/aromatic N) is 4. The standard InChI is InChI=1S/C20H17F3N4O4/c21-20(22,23)17-6-5-15(8-24-17)7-13-1-3-14(4-2-13)11-30-16-9-26-10-18(27(28)29)25-19(26)31-12-16/h1-6,8,10,16H,7,9,11-12H2/t16-/m0/s1. The van der Waals surface area contributed by atoms with E-state index in [-0.39, 0.29) is 24.5 Å². The van der Waals surface area contributed by atoms with Crippen LogP contribution < -0.4 is 4.74 Å². The van der Waals surface area contributed by atoms with E-state index in [0.29, 0.717) is 25.1 Å². The summed E-state index contributed by atoms with van der Waals surface area (Å²) in [4.78, 5) is 17.5. The number of pyridine rings is 1. The number of aromatic nitrogens is 3. The third-order valence-electron chi connectivity index (χ3n) is 4.75. The van der Waals surface area contributed by atoms with E-state index in [1.54, 1.807) is 4.57 Å². The summed E-state index contributed by atoms with van der Waals surface area (Å²) in [5, 5.41) is 10.8. The number of hydrogen-bond acceptors (Lipinski definition) is 6. The van der Waals surface area contributed by atoms with Crippen molar-refractivity contribution in [3.63, 3.8) is 0 Å². The summed E-state index contributed by atoms with van der Waals surface area (Å²) in [5.74, 6) is -0.269. The molecule has 0 N–H and O–H groups in total. The molecule has 3 aromatic rings. The number of rotatable bonds is 6. The topological polar surface area (TPSA) is 92.3 Å². The van der Waals surface area contributed by atoms with Crippen molar-refractivity contribution in [1.29, 1.82) is 0 Å². The van der Waals surface area contributed by atoms with Crippen LogP contribution in [-0.4, -0.2) is 32.2 Å². The molecule has 4 rings (SSSR count). The maximum atomic E-state index is 12.6. The highest BCUT2D eigenvalue weighted by Crippen LogP contribution is 2.27. The van der Waals surface area contributed by atoms with Crippen LogP contribution in [0.5, 0.6) is 6.01 Å². The van der Waals surface area contributed by atoms with E-state index in [4.69, 9.17) is 9.47 Å². The van der Waals surface area contributed by atoms with Crippen LogP contribution in [0.4, 0.5) is 19.0 Å². The second kappa shape index (κ2) is 8.34. The molecule has 0 amide bonds. The summed E-state index contributed by atoms with van der Waals surface area (Å²) in [7, 11) is 0. The fraction of sp³-hybridized carbons (Fsp3) is 0.300. The van der Waals surface area contributed by atoms with Gasteiger partial charge in [0.1, 0.15) is 24.6 Å². The highest BCUT2D eigenvalue weighted by Gasteiger charge is 2.32. The van der Waals surface area contributed by atoms with E-state index in [1.165, 1.54) is 18.5 Å². The summed E-state index contributed by atoms with van der Waals surface area (Å²) in [6.45, 7) is 0.963. The summed E-state index contributed by atoms with van der Waals surface area (Å²) < 4.78 is 50.6. The Labute approximate surface area is 174 Å². The summed E-state index contributed by atoms with van der Waals surface area (Å²) in [5.41, 5.74) is 1.62. The van der Waals surface area contributed by atoms with Crippen molar-refractivity contribution < 1.29 is 27.6 Å². The van der Waals surface area contributed by atoms with Gasteiger partial charge in [0, 0.05) is 11.2 Å². The average Bonchev–Trinajstić information content (AvgIpc) is 3.17. The first-order chi connectivity index (χ1) is 14.8. The van der Waals surface area contributed by atoms with Crippen molar-refractivity contribution in [2.45, 2.75) is 31.9 Å². The summed E-state index contributed by atoms with van der Waals surface area (Å²) >= 11 is 0. The van der Waals surface area contributed by atoms with E-state index in [9.17, 15) is 23.3 Å². The van der Waals surface area contributed by atoms with Crippen molar-refractivity contribution in [1.82, 2.24) is 14.5 Å². The lowest BCUT2D eigenvalue weighted by Crippen LogP contribution is -2.32. The van der Waals surface area contributed by atoms with Gasteiger partial charge in [-0.1, -0.05) is 30.3 Å². The highest BCUT2D eigenvalue weighted by atomic mass is 19.4. The van der Waals surface area contributed by atoms with E-state index in [1.807, 2.05) is 24.3 Å². The van der Waals surface area contributed by atoms with Crippen LogP contribution in [0.2, 0.25) is 0 Å². The van der Waals surface area contributed by atoms with Crippen molar-refractivity contribution >= 4 is 5.82 Å². The zero-order chi connectivity index (χ0) is 22.0. The van der Waals surface area contributed by atoms with Gasteiger partial charge in [-0.15, -0.1) is 0 Å². The first kappa shape index (κ1) is 20.8. The Bertz CT molecular complexity index is 1070. The van der Waals surface area contributed by atoms with Gasteiger partial charge in [-0.05, 0) is 34.1 Å². The Hall–Kier alpha value is -3.47. The number of hydrogen-bond donors (Lipinski definition) is 0. The van der Waals surface area contributed by atoms with Crippen LogP contribution in [0.3, 0.4) is 0 Å². The molecule has 11 heteroatoms. The molecule has 1 aliphatic rings. The smallest absolute Gasteiger partial charge is 0.433 e. The number of ether oxygens (including phenoxy) is 2. The molecule has 1 atom stereocenters. The molecular formula is C20H17F3N4O4. The van der Waals surface area contributed by atoms with Crippen LogP contribution in [0.15, 0.2) is 48.8 Å². The monoisotopic (exact) mass is 434 g/mol. The first-order valence-corrected chi connectivity index (χ1v) is 9.34. The number of fused-ring (bicyclic) bond motifs is 1. The minimum atomic E-state index is -4.45. The first-order valence-electron chi connectivity index (χ1n) is 9.34. The Morgan fingerprint density at radius 1 is 1.16 bits per heavy atom. The van der Waals surface area contributed by atoms with E-state index < -0.39 is 16.8 Å². The van der Waals surface area contributed by atoms with Crippen LogP contribution in [0.25, 0.3) is 0 Å². The molecule has 1 aliphatic heterocycles. The van der Waals surface area contributed by atoms with Crippen LogP contribution in [-0.2, 0) is 30.5 Å². The lowest BCUT2D eigenvalue weighted by Gasteiger charge is -2.22. The molecule has 31 heavy (non-hydrogen) atoms. The summed E-state index contributed by atoms with van der Waals surface area (Å²) in [6, 6.07) is 10.1. The molecule has 3 heterocycles. The van der Waals surface area contributed by atoms with Gasteiger partial charge >= 0.3 is 18.0 Å². The predicted molar refractivity (Wildman–Crippen MR) is 101 cm³/mol. The Balaban J connectivity index is 1.30. The molecule has 2 aromatic heterocycles. The predicted octanol–water partition coefficient (Wildman–Crippen LogP) is 3.77. The molecule has 0 fully saturated rings. The minimum Gasteiger partial charge on any atom is -0.443 e. The average molecular weight is 434 g/mol. The van der Waals surface area contributed by atoms with Gasteiger partial charge in [-0.2, -0.15) is 13.2 Å². The highest BCUT2D eigenvalue weighted by molar-refractivity contribution is 5.28. The zero-order valence-electron chi connectivity index (χ0n) is 16.1. The van der Waals surface area contributed by atoms with Crippen molar-refractivity contribution in [3.8, 4) is 6.01 Å². The second-order valence-electron chi connectivity index (χ2n) is 7.08. The van der Waals surface area contributed by atoms with Crippen LogP contribution in [0, 0.1) is 10.1 Å². The van der Waals surface area contributed by atoms with Crippen LogP contribution >= 0.6 is 0 Å². The molecule has 0 bridgehead atoms. The van der Waals surface area contributed by atoms with Crippen molar-refractivity contribution in [3.05, 3.63) is 81.3 Å². The summed E-state index contributed by atoms with van der Waals surface area (Å²) in [6.07, 6.45) is -1.71. The maximum absolute atomic E-state index is 12.6. The second-order valence-corrected chi connectivity index (χ2v) is 7.08. The third kappa shape index (κ3) is 5.00.